The van der Waals surface area contributed by atoms with Crippen LogP contribution in [0.3, 0.4) is 0 Å². The number of carboxylic acids is 1. The lowest BCUT2D eigenvalue weighted by Gasteiger charge is -2.13. The SMILES string of the molecule is CC[C@H](C(=O)O)n1cccc1C=O. The van der Waals surface area contributed by atoms with Crippen molar-refractivity contribution in [2.75, 3.05) is 0 Å². The number of carboxylic acid groups (broad SMARTS) is 1. The summed E-state index contributed by atoms with van der Waals surface area (Å²) in [6, 6.07) is 2.61. The maximum Gasteiger partial charge on any atom is 0.326 e. The molecule has 70 valence electrons. The second-order valence-electron chi connectivity index (χ2n) is 2.72. The molecule has 0 unspecified atom stereocenters. The number of nitrogens with zero attached hydrogens (tertiary/aromatic N) is 1. The predicted octanol–water partition coefficient (Wildman–Crippen LogP) is 1.34. The molecule has 0 fully saturated rings. The van der Waals surface area contributed by atoms with Gasteiger partial charge in [0.25, 0.3) is 0 Å². The molecular weight excluding hydrogens is 170 g/mol. The van der Waals surface area contributed by atoms with Gasteiger partial charge in [-0.3, -0.25) is 4.79 Å². The lowest BCUT2D eigenvalue weighted by Crippen LogP contribution is -2.19. The third-order valence-electron chi connectivity index (χ3n) is 1.94. The van der Waals surface area contributed by atoms with Crippen molar-refractivity contribution in [3.63, 3.8) is 0 Å². The first-order valence-electron chi connectivity index (χ1n) is 4.05. The number of carbonyl (C=O) groups excluding carboxylic acids is 1. The van der Waals surface area contributed by atoms with Gasteiger partial charge >= 0.3 is 5.97 Å². The summed E-state index contributed by atoms with van der Waals surface area (Å²) in [6.07, 6.45) is 2.72. The standard InChI is InChI=1S/C9H11NO3/c1-2-8(9(12)13)10-5-3-4-7(10)6-11/h3-6,8H,2H2,1H3,(H,12,13)/t8-/m1/s1. The Morgan fingerprint density at radius 3 is 2.92 bits per heavy atom. The van der Waals surface area contributed by atoms with Gasteiger partial charge in [-0.15, -0.1) is 0 Å². The van der Waals surface area contributed by atoms with E-state index in [1.54, 1.807) is 25.3 Å². The van der Waals surface area contributed by atoms with E-state index in [4.69, 9.17) is 5.11 Å². The van der Waals surface area contributed by atoms with Gasteiger partial charge in [0.1, 0.15) is 6.04 Å². The summed E-state index contributed by atoms with van der Waals surface area (Å²) in [4.78, 5) is 21.3. The zero-order chi connectivity index (χ0) is 9.84. The Morgan fingerprint density at radius 1 is 1.77 bits per heavy atom. The van der Waals surface area contributed by atoms with Crippen LogP contribution < -0.4 is 0 Å². The molecule has 0 radical (unpaired) electrons. The first-order valence-corrected chi connectivity index (χ1v) is 4.05. The van der Waals surface area contributed by atoms with Crippen LogP contribution in [-0.4, -0.2) is 21.9 Å². The lowest BCUT2D eigenvalue weighted by atomic mass is 10.2. The number of aldehydes is 1. The predicted molar refractivity (Wildman–Crippen MR) is 46.8 cm³/mol. The highest BCUT2D eigenvalue weighted by atomic mass is 16.4. The Balaban J connectivity index is 3.03. The fourth-order valence-electron chi connectivity index (χ4n) is 1.28. The van der Waals surface area contributed by atoms with Crippen molar-refractivity contribution >= 4 is 12.3 Å². The van der Waals surface area contributed by atoms with Crippen LogP contribution in [-0.2, 0) is 4.79 Å². The van der Waals surface area contributed by atoms with Crippen molar-refractivity contribution in [2.45, 2.75) is 19.4 Å². The summed E-state index contributed by atoms with van der Waals surface area (Å²) in [7, 11) is 0. The van der Waals surface area contributed by atoms with E-state index >= 15 is 0 Å². The van der Waals surface area contributed by atoms with Gasteiger partial charge in [0.05, 0.1) is 5.69 Å². The van der Waals surface area contributed by atoms with E-state index in [2.05, 4.69) is 0 Å². The number of aromatic nitrogens is 1. The fraction of sp³-hybridized carbons (Fsp3) is 0.333. The Morgan fingerprint density at radius 2 is 2.46 bits per heavy atom. The molecule has 1 aromatic rings. The van der Waals surface area contributed by atoms with Crippen LogP contribution in [0.4, 0.5) is 0 Å². The molecule has 1 aromatic heterocycles. The van der Waals surface area contributed by atoms with Crippen LogP contribution in [0.5, 0.6) is 0 Å². The maximum atomic E-state index is 10.8. The summed E-state index contributed by atoms with van der Waals surface area (Å²) in [6.45, 7) is 1.77. The molecular formula is C9H11NO3. The molecule has 1 rings (SSSR count). The van der Waals surface area contributed by atoms with Crippen LogP contribution >= 0.6 is 0 Å². The Bertz CT molecular complexity index is 316. The van der Waals surface area contributed by atoms with E-state index in [0.29, 0.717) is 18.4 Å². The Kier molecular flexibility index (Phi) is 2.84. The van der Waals surface area contributed by atoms with E-state index in [0.717, 1.165) is 0 Å². The molecule has 0 saturated carbocycles. The molecule has 0 aliphatic rings. The van der Waals surface area contributed by atoms with Crippen LogP contribution in [0.1, 0.15) is 29.9 Å². The minimum atomic E-state index is -0.915. The highest BCUT2D eigenvalue weighted by Crippen LogP contribution is 2.14. The van der Waals surface area contributed by atoms with Crippen LogP contribution in [0.2, 0.25) is 0 Å². The van der Waals surface area contributed by atoms with E-state index < -0.39 is 12.0 Å². The minimum absolute atomic E-state index is 0.397. The van der Waals surface area contributed by atoms with E-state index in [9.17, 15) is 9.59 Å². The molecule has 0 spiro atoms. The van der Waals surface area contributed by atoms with E-state index in [1.165, 1.54) is 4.57 Å². The molecule has 13 heavy (non-hydrogen) atoms. The van der Waals surface area contributed by atoms with Gasteiger partial charge in [-0.05, 0) is 18.6 Å². The molecule has 0 bridgehead atoms. The van der Waals surface area contributed by atoms with Crippen molar-refractivity contribution in [1.29, 1.82) is 0 Å². The topological polar surface area (TPSA) is 59.3 Å². The fourth-order valence-corrected chi connectivity index (χ4v) is 1.28. The maximum absolute atomic E-state index is 10.8. The molecule has 0 aromatic carbocycles. The molecule has 0 aliphatic heterocycles. The first kappa shape index (κ1) is 9.51. The molecule has 1 N–H and O–H groups in total. The summed E-state index contributed by atoms with van der Waals surface area (Å²) < 4.78 is 1.47. The van der Waals surface area contributed by atoms with Crippen molar-refractivity contribution in [3.8, 4) is 0 Å². The van der Waals surface area contributed by atoms with Gasteiger partial charge in [0, 0.05) is 6.20 Å². The second-order valence-corrected chi connectivity index (χ2v) is 2.72. The number of hydrogen-bond acceptors (Lipinski definition) is 2. The summed E-state index contributed by atoms with van der Waals surface area (Å²) in [5.41, 5.74) is 0.397. The number of carbonyl (C=O) groups is 2. The molecule has 0 aliphatic carbocycles. The smallest absolute Gasteiger partial charge is 0.326 e. The second kappa shape index (κ2) is 3.89. The van der Waals surface area contributed by atoms with E-state index in [1.807, 2.05) is 0 Å². The highest BCUT2D eigenvalue weighted by Gasteiger charge is 2.18. The minimum Gasteiger partial charge on any atom is -0.480 e. The normalized spacial score (nSPS) is 12.4. The summed E-state index contributed by atoms with van der Waals surface area (Å²) in [5, 5.41) is 8.83. The van der Waals surface area contributed by atoms with Crippen molar-refractivity contribution < 1.29 is 14.7 Å². The van der Waals surface area contributed by atoms with Crippen LogP contribution in [0.15, 0.2) is 18.3 Å². The Labute approximate surface area is 75.8 Å². The van der Waals surface area contributed by atoms with Gasteiger partial charge in [-0.1, -0.05) is 6.92 Å². The summed E-state index contributed by atoms with van der Waals surface area (Å²) in [5.74, 6) is -0.915. The Hall–Kier alpha value is -1.58. The quantitative estimate of drug-likeness (QED) is 0.713. The van der Waals surface area contributed by atoms with Crippen molar-refractivity contribution in [1.82, 2.24) is 4.57 Å². The average molecular weight is 181 g/mol. The number of rotatable bonds is 4. The summed E-state index contributed by atoms with van der Waals surface area (Å²) >= 11 is 0. The molecule has 4 heteroatoms. The van der Waals surface area contributed by atoms with Crippen LogP contribution in [0, 0.1) is 0 Å². The third kappa shape index (κ3) is 1.77. The average Bonchev–Trinajstić information content (AvgIpc) is 2.53. The molecule has 4 nitrogen and oxygen atoms in total. The van der Waals surface area contributed by atoms with Crippen LogP contribution in [0.25, 0.3) is 0 Å². The van der Waals surface area contributed by atoms with Crippen molar-refractivity contribution in [3.05, 3.63) is 24.0 Å². The van der Waals surface area contributed by atoms with Gasteiger partial charge in [-0.25, -0.2) is 4.79 Å². The number of hydrogen-bond donors (Lipinski definition) is 1. The zero-order valence-corrected chi connectivity index (χ0v) is 7.30. The van der Waals surface area contributed by atoms with Gasteiger partial charge in [-0.2, -0.15) is 0 Å². The van der Waals surface area contributed by atoms with Crippen molar-refractivity contribution in [2.24, 2.45) is 0 Å². The van der Waals surface area contributed by atoms with Gasteiger partial charge < -0.3 is 9.67 Å². The third-order valence-corrected chi connectivity index (χ3v) is 1.94. The van der Waals surface area contributed by atoms with Gasteiger partial charge in [0.15, 0.2) is 6.29 Å². The highest BCUT2D eigenvalue weighted by molar-refractivity contribution is 5.76. The monoisotopic (exact) mass is 181 g/mol. The first-order chi connectivity index (χ1) is 6.20. The zero-order valence-electron chi connectivity index (χ0n) is 7.30. The molecule has 0 saturated heterocycles. The number of aliphatic carboxylic acids is 1. The molecule has 1 heterocycles. The van der Waals surface area contributed by atoms with Gasteiger partial charge in [0.2, 0.25) is 0 Å². The van der Waals surface area contributed by atoms with E-state index in [-0.39, 0.29) is 0 Å². The lowest BCUT2D eigenvalue weighted by molar-refractivity contribution is -0.141. The molecule has 1 atom stereocenters. The molecule has 0 amide bonds. The largest absolute Gasteiger partial charge is 0.480 e.